The van der Waals surface area contributed by atoms with Crippen molar-refractivity contribution in [3.63, 3.8) is 0 Å². The van der Waals surface area contributed by atoms with Gasteiger partial charge in [-0.15, -0.1) is 0 Å². The Hall–Kier alpha value is -1.94. The molecule has 4 amide bonds. The van der Waals surface area contributed by atoms with Crippen molar-refractivity contribution in [2.75, 3.05) is 99.1 Å². The number of hydrogen-bond acceptors (Lipinski definition) is 13. The highest BCUT2D eigenvalue weighted by Gasteiger charge is 2.26. The molecule has 4 N–H and O–H groups in total. The molecule has 0 bridgehead atoms. The number of hydrogen-bond donors (Lipinski definition) is 4. The molecule has 0 aromatic heterocycles. The molecule has 1 rings (SSSR count). The molecular formula is C27H51N4O13P2-. The van der Waals surface area contributed by atoms with Gasteiger partial charge in [0.05, 0.1) is 52.4 Å². The molecule has 1 fully saturated rings. The molecule has 0 aromatic rings. The molecule has 0 aliphatic heterocycles. The Balaban J connectivity index is 1.86. The van der Waals surface area contributed by atoms with Crippen LogP contribution in [0.3, 0.4) is 0 Å². The van der Waals surface area contributed by atoms with Crippen molar-refractivity contribution in [3.05, 3.63) is 0 Å². The van der Waals surface area contributed by atoms with Gasteiger partial charge in [-0.3, -0.25) is 23.7 Å². The largest absolute Gasteiger partial charge is 0.779 e. The summed E-state index contributed by atoms with van der Waals surface area (Å²) in [6.07, 6.45) is 2.72. The lowest BCUT2D eigenvalue weighted by molar-refractivity contribution is -0.201. The third-order valence-electron chi connectivity index (χ3n) is 6.17. The van der Waals surface area contributed by atoms with Crippen LogP contribution < -0.4 is 26.2 Å². The summed E-state index contributed by atoms with van der Waals surface area (Å²) in [4.78, 5) is 58.8. The van der Waals surface area contributed by atoms with Crippen molar-refractivity contribution >= 4 is 38.6 Å². The summed E-state index contributed by atoms with van der Waals surface area (Å²) in [5.41, 5.74) is 0. The minimum absolute atomic E-state index is 0.160. The molecule has 1 unspecified atom stereocenters. The number of rotatable bonds is 24. The lowest BCUT2D eigenvalue weighted by Crippen LogP contribution is -2.46. The maximum Gasteiger partial charge on any atom is 0.309 e. The summed E-state index contributed by atoms with van der Waals surface area (Å²) in [7, 11) is -6.33. The second-order valence-corrected chi connectivity index (χ2v) is 15.3. The smallest absolute Gasteiger partial charge is 0.309 e. The zero-order chi connectivity index (χ0) is 34.3. The molecule has 0 heterocycles. The molecule has 268 valence electrons. The van der Waals surface area contributed by atoms with Gasteiger partial charge in [0.1, 0.15) is 7.60 Å². The van der Waals surface area contributed by atoms with Crippen molar-refractivity contribution in [2.24, 2.45) is 0 Å². The van der Waals surface area contributed by atoms with Crippen molar-refractivity contribution in [3.8, 4) is 0 Å². The molecule has 1 aliphatic rings. The highest BCUT2D eigenvalue weighted by Crippen LogP contribution is 2.37. The Morgan fingerprint density at radius 2 is 1.04 bits per heavy atom. The van der Waals surface area contributed by atoms with Crippen LogP contribution in [-0.2, 0) is 56.3 Å². The highest BCUT2D eigenvalue weighted by molar-refractivity contribution is 7.57. The molecule has 0 spiro atoms. The van der Waals surface area contributed by atoms with E-state index in [-0.39, 0.29) is 51.6 Å². The minimum Gasteiger partial charge on any atom is -0.779 e. The van der Waals surface area contributed by atoms with E-state index in [4.69, 9.17) is 28.0 Å². The van der Waals surface area contributed by atoms with Crippen molar-refractivity contribution in [1.82, 2.24) is 21.3 Å². The first-order valence-corrected chi connectivity index (χ1v) is 19.9. The minimum atomic E-state index is -3.79. The van der Waals surface area contributed by atoms with E-state index < -0.39 is 38.6 Å². The van der Waals surface area contributed by atoms with E-state index in [1.165, 1.54) is 13.3 Å². The second-order valence-electron chi connectivity index (χ2n) is 10.8. The molecule has 1 atom stereocenters. The Labute approximate surface area is 270 Å². The van der Waals surface area contributed by atoms with Gasteiger partial charge in [-0.1, -0.05) is 0 Å². The van der Waals surface area contributed by atoms with Crippen LogP contribution in [0.25, 0.3) is 0 Å². The Morgan fingerprint density at radius 1 is 0.609 bits per heavy atom. The van der Waals surface area contributed by atoms with E-state index in [2.05, 4.69) is 21.3 Å². The number of nitrogens with one attached hydrogen (secondary N) is 4. The molecule has 19 heteroatoms. The van der Waals surface area contributed by atoms with Gasteiger partial charge >= 0.3 is 23.6 Å². The van der Waals surface area contributed by atoms with Crippen LogP contribution in [0.15, 0.2) is 0 Å². The van der Waals surface area contributed by atoms with Crippen LogP contribution in [0.2, 0.25) is 0 Å². The lowest BCUT2D eigenvalue weighted by atomic mass is 9.93. The number of carbonyl (C=O) groups excluding carboxylic acids is 4. The maximum atomic E-state index is 12.1. The summed E-state index contributed by atoms with van der Waals surface area (Å²) in [6.45, 7) is 7.59. The number of ether oxygens (including phenoxy) is 4. The van der Waals surface area contributed by atoms with Gasteiger partial charge < -0.3 is 58.7 Å². The maximum absolute atomic E-state index is 12.1. The predicted octanol–water partition coefficient (Wildman–Crippen LogP) is -0.637. The Morgan fingerprint density at radius 3 is 1.54 bits per heavy atom. The highest BCUT2D eigenvalue weighted by atomic mass is 31.2. The van der Waals surface area contributed by atoms with E-state index in [0.717, 1.165) is 6.66 Å². The number of amides is 4. The Kier molecular flexibility index (Phi) is 22.2. The average Bonchev–Trinajstić information content (AvgIpc) is 2.97. The van der Waals surface area contributed by atoms with Crippen LogP contribution in [0.1, 0.15) is 38.5 Å². The first kappa shape index (κ1) is 42.1. The zero-order valence-corrected chi connectivity index (χ0v) is 28.9. The second kappa shape index (κ2) is 24.2. The molecule has 17 nitrogen and oxygen atoms in total. The van der Waals surface area contributed by atoms with E-state index in [1.54, 1.807) is 0 Å². The van der Waals surface area contributed by atoms with Gasteiger partial charge in [0.15, 0.2) is 7.37 Å². The van der Waals surface area contributed by atoms with E-state index in [9.17, 15) is 33.2 Å². The van der Waals surface area contributed by atoms with E-state index >= 15 is 0 Å². The van der Waals surface area contributed by atoms with Gasteiger partial charge in [0.25, 0.3) is 0 Å². The van der Waals surface area contributed by atoms with Crippen molar-refractivity contribution < 1.29 is 61.2 Å². The zero-order valence-electron chi connectivity index (χ0n) is 27.1. The molecular weight excluding hydrogens is 650 g/mol. The van der Waals surface area contributed by atoms with Crippen LogP contribution in [-0.4, -0.2) is 135 Å². The summed E-state index contributed by atoms with van der Waals surface area (Å²) >= 11 is 0. The first-order valence-electron chi connectivity index (χ1n) is 15.4. The third-order valence-corrected chi connectivity index (χ3v) is 7.66. The van der Waals surface area contributed by atoms with Gasteiger partial charge in [0, 0.05) is 58.9 Å². The molecule has 0 saturated heterocycles. The fourth-order valence-electron chi connectivity index (χ4n) is 4.02. The third kappa shape index (κ3) is 24.3. The topological polar surface area (TPSA) is 229 Å². The van der Waals surface area contributed by atoms with Crippen LogP contribution in [0.4, 0.5) is 0 Å². The van der Waals surface area contributed by atoms with Crippen LogP contribution in [0.5, 0.6) is 0 Å². The van der Waals surface area contributed by atoms with Gasteiger partial charge in [-0.2, -0.15) is 0 Å². The quantitative estimate of drug-likeness (QED) is 0.0559. The van der Waals surface area contributed by atoms with E-state index in [1.807, 2.05) is 0 Å². The fourth-order valence-corrected chi connectivity index (χ4v) is 5.29. The molecule has 1 saturated carbocycles. The summed E-state index contributed by atoms with van der Waals surface area (Å²) in [5, 5.41) is 10.2. The normalized spacial score (nSPS) is 17.9. The first-order chi connectivity index (χ1) is 21.8. The van der Waals surface area contributed by atoms with Crippen LogP contribution >= 0.6 is 15.0 Å². The van der Waals surface area contributed by atoms with E-state index in [0.29, 0.717) is 78.2 Å². The summed E-state index contributed by atoms with van der Waals surface area (Å²) in [6, 6.07) is -0.196. The molecule has 46 heavy (non-hydrogen) atoms. The summed E-state index contributed by atoms with van der Waals surface area (Å²) < 4.78 is 54.2. The number of carbonyl (C=O) groups is 4. The van der Waals surface area contributed by atoms with Crippen LogP contribution in [0, 0.1) is 0 Å². The van der Waals surface area contributed by atoms with Gasteiger partial charge in [0.2, 0.25) is 0 Å². The monoisotopic (exact) mass is 701 g/mol. The lowest BCUT2D eigenvalue weighted by Gasteiger charge is -2.32. The standard InChI is InChI=1S/C27H52N4O13P2/c1-45(2,36)43-21-20-41-15-12-30-25(33)24(32)28-10-4-13-39-16-18-42-19-17-40-14-5-11-29-26(34)27(35)31-22-6-8-23(9-7-22)44-46(3,37)38/h22-23H,4-21H2,1-3H3,(H,28,32)(H,29,34)(H,30,33)(H,31,35)(H,37,38)/p-1. The molecule has 0 aromatic carbocycles. The van der Waals surface area contributed by atoms with Crippen molar-refractivity contribution in [1.29, 1.82) is 0 Å². The van der Waals surface area contributed by atoms with Gasteiger partial charge in [-0.25, -0.2) is 0 Å². The predicted molar refractivity (Wildman–Crippen MR) is 166 cm³/mol. The van der Waals surface area contributed by atoms with Gasteiger partial charge in [-0.05, 0) is 38.5 Å². The molecule has 0 radical (unpaired) electrons. The molecule has 1 aliphatic carbocycles. The Bertz CT molecular complexity index is 1000. The van der Waals surface area contributed by atoms with Crippen molar-refractivity contribution in [2.45, 2.75) is 50.7 Å². The summed E-state index contributed by atoms with van der Waals surface area (Å²) in [5.74, 6) is -2.95. The SMILES string of the molecule is CP(C)(=O)OCCOCCNC(=O)C(=O)NCCCOCCOCCOCCCNC(=O)C(=O)NC1CCC(OP(C)(=O)[O-])CC1. The average molecular weight is 702 g/mol. The fraction of sp³-hybridized carbons (Fsp3) is 0.852.